The lowest BCUT2D eigenvalue weighted by Crippen LogP contribution is -2.30. The molecule has 0 bridgehead atoms. The third kappa shape index (κ3) is 3.31. The van der Waals surface area contributed by atoms with Gasteiger partial charge in [-0.15, -0.1) is 0 Å². The summed E-state index contributed by atoms with van der Waals surface area (Å²) in [7, 11) is 7.84. The molecule has 1 saturated heterocycles. The summed E-state index contributed by atoms with van der Waals surface area (Å²) in [4.78, 5) is 2.16. The van der Waals surface area contributed by atoms with Crippen LogP contribution >= 0.6 is 0 Å². The SMILES string of the molecule is CNC(c1c(OC)cnn1CCN(C)C)C1CCOC1. The minimum atomic E-state index is 0.220. The zero-order chi connectivity index (χ0) is 14.5. The van der Waals surface area contributed by atoms with Crippen molar-refractivity contribution in [3.63, 3.8) is 0 Å². The predicted molar refractivity (Wildman–Crippen MR) is 78.1 cm³/mol. The predicted octanol–water partition coefficient (Wildman–Crippen LogP) is 0.750. The number of hydrogen-bond donors (Lipinski definition) is 1. The maximum atomic E-state index is 5.53. The fourth-order valence-electron chi connectivity index (χ4n) is 2.73. The maximum absolute atomic E-state index is 5.53. The van der Waals surface area contributed by atoms with Crippen LogP contribution in [0.5, 0.6) is 5.75 Å². The van der Waals surface area contributed by atoms with E-state index in [2.05, 4.69) is 34.1 Å². The Bertz CT molecular complexity index is 413. The van der Waals surface area contributed by atoms with Gasteiger partial charge in [-0.1, -0.05) is 0 Å². The van der Waals surface area contributed by atoms with Crippen molar-refractivity contribution in [2.24, 2.45) is 5.92 Å². The summed E-state index contributed by atoms with van der Waals surface area (Å²) < 4.78 is 13.1. The van der Waals surface area contributed by atoms with Crippen molar-refractivity contribution in [2.75, 3.05) is 48.0 Å². The standard InChI is InChI=1S/C14H26N4O2/c1-15-13(11-5-8-20-10-11)14-12(19-4)9-16-18(14)7-6-17(2)3/h9,11,13,15H,5-8,10H2,1-4H3. The first kappa shape index (κ1) is 15.3. The Morgan fingerprint density at radius 1 is 1.60 bits per heavy atom. The number of hydrogen-bond acceptors (Lipinski definition) is 5. The monoisotopic (exact) mass is 282 g/mol. The average molecular weight is 282 g/mol. The maximum Gasteiger partial charge on any atom is 0.161 e. The molecule has 20 heavy (non-hydrogen) atoms. The van der Waals surface area contributed by atoms with Gasteiger partial charge in [0.1, 0.15) is 0 Å². The Labute approximate surface area is 121 Å². The van der Waals surface area contributed by atoms with E-state index in [9.17, 15) is 0 Å². The number of likely N-dealkylation sites (N-methyl/N-ethyl adjacent to an activating group) is 1. The summed E-state index contributed by atoms with van der Waals surface area (Å²) in [5, 5.41) is 7.90. The van der Waals surface area contributed by atoms with E-state index in [1.54, 1.807) is 7.11 Å². The van der Waals surface area contributed by atoms with Gasteiger partial charge in [0.15, 0.2) is 5.75 Å². The number of nitrogens with zero attached hydrogens (tertiary/aromatic N) is 3. The molecule has 1 N–H and O–H groups in total. The Hall–Kier alpha value is -1.11. The van der Waals surface area contributed by atoms with Gasteiger partial charge in [0.2, 0.25) is 0 Å². The van der Waals surface area contributed by atoms with Crippen LogP contribution in [0.3, 0.4) is 0 Å². The van der Waals surface area contributed by atoms with Gasteiger partial charge in [0.05, 0.1) is 38.2 Å². The Morgan fingerprint density at radius 2 is 2.40 bits per heavy atom. The zero-order valence-corrected chi connectivity index (χ0v) is 12.9. The molecule has 1 aromatic rings. The minimum Gasteiger partial charge on any atom is -0.493 e. The smallest absolute Gasteiger partial charge is 0.161 e. The van der Waals surface area contributed by atoms with Crippen molar-refractivity contribution in [3.05, 3.63) is 11.9 Å². The quantitative estimate of drug-likeness (QED) is 0.800. The van der Waals surface area contributed by atoms with E-state index >= 15 is 0 Å². The van der Waals surface area contributed by atoms with E-state index in [0.29, 0.717) is 5.92 Å². The molecule has 6 nitrogen and oxygen atoms in total. The zero-order valence-electron chi connectivity index (χ0n) is 12.9. The van der Waals surface area contributed by atoms with E-state index in [4.69, 9.17) is 9.47 Å². The lowest BCUT2D eigenvalue weighted by molar-refractivity contribution is 0.176. The molecule has 114 valence electrons. The highest BCUT2D eigenvalue weighted by atomic mass is 16.5. The van der Waals surface area contributed by atoms with E-state index < -0.39 is 0 Å². The van der Waals surface area contributed by atoms with Crippen LogP contribution < -0.4 is 10.1 Å². The number of aromatic nitrogens is 2. The van der Waals surface area contributed by atoms with Gasteiger partial charge in [-0.2, -0.15) is 5.10 Å². The second-order valence-electron chi connectivity index (χ2n) is 5.51. The topological polar surface area (TPSA) is 51.5 Å². The minimum absolute atomic E-state index is 0.220. The fraction of sp³-hybridized carbons (Fsp3) is 0.786. The van der Waals surface area contributed by atoms with E-state index in [1.165, 1.54) is 0 Å². The summed E-state index contributed by atoms with van der Waals surface area (Å²) in [5.74, 6) is 1.33. The molecule has 0 radical (unpaired) electrons. The summed E-state index contributed by atoms with van der Waals surface area (Å²) in [6.45, 7) is 3.46. The molecule has 0 amide bonds. The highest BCUT2D eigenvalue weighted by molar-refractivity contribution is 5.29. The number of ether oxygens (including phenoxy) is 2. The third-order valence-electron chi connectivity index (χ3n) is 3.87. The van der Waals surface area contributed by atoms with Gasteiger partial charge in [0.25, 0.3) is 0 Å². The van der Waals surface area contributed by atoms with Crippen LogP contribution in [-0.4, -0.2) is 62.7 Å². The van der Waals surface area contributed by atoms with Crippen LogP contribution in [0.2, 0.25) is 0 Å². The van der Waals surface area contributed by atoms with Crippen LogP contribution in [0.25, 0.3) is 0 Å². The van der Waals surface area contributed by atoms with E-state index in [0.717, 1.165) is 44.2 Å². The van der Waals surface area contributed by atoms with Crippen molar-refractivity contribution < 1.29 is 9.47 Å². The third-order valence-corrected chi connectivity index (χ3v) is 3.87. The van der Waals surface area contributed by atoms with E-state index in [1.807, 2.05) is 13.2 Å². The average Bonchev–Trinajstić information content (AvgIpc) is 3.07. The molecule has 1 fully saturated rings. The second-order valence-corrected chi connectivity index (χ2v) is 5.51. The molecule has 1 aliphatic rings. The highest BCUT2D eigenvalue weighted by Gasteiger charge is 2.31. The van der Waals surface area contributed by atoms with Crippen molar-refractivity contribution in [2.45, 2.75) is 19.0 Å². The van der Waals surface area contributed by atoms with Crippen molar-refractivity contribution in [3.8, 4) is 5.75 Å². The number of nitrogens with one attached hydrogen (secondary N) is 1. The summed E-state index contributed by atoms with van der Waals surface area (Å²) in [6.07, 6.45) is 2.89. The summed E-state index contributed by atoms with van der Waals surface area (Å²) >= 11 is 0. The van der Waals surface area contributed by atoms with Gasteiger partial charge in [-0.3, -0.25) is 4.68 Å². The molecular weight excluding hydrogens is 256 g/mol. The first-order valence-electron chi connectivity index (χ1n) is 7.16. The van der Waals surface area contributed by atoms with Crippen LogP contribution in [0.15, 0.2) is 6.20 Å². The molecule has 0 aliphatic carbocycles. The molecule has 2 rings (SSSR count). The van der Waals surface area contributed by atoms with Crippen molar-refractivity contribution >= 4 is 0 Å². The van der Waals surface area contributed by atoms with Gasteiger partial charge >= 0.3 is 0 Å². The molecule has 2 unspecified atom stereocenters. The number of rotatable bonds is 7. The van der Waals surface area contributed by atoms with Gasteiger partial charge in [-0.05, 0) is 27.6 Å². The summed E-state index contributed by atoms with van der Waals surface area (Å²) in [6, 6.07) is 0.220. The van der Waals surface area contributed by atoms with Gasteiger partial charge < -0.3 is 19.7 Å². The van der Waals surface area contributed by atoms with Crippen LogP contribution in [0.1, 0.15) is 18.2 Å². The first-order valence-corrected chi connectivity index (χ1v) is 7.16. The van der Waals surface area contributed by atoms with Crippen LogP contribution in [-0.2, 0) is 11.3 Å². The Morgan fingerprint density at radius 3 is 2.95 bits per heavy atom. The first-order chi connectivity index (χ1) is 9.67. The second kappa shape index (κ2) is 7.06. The van der Waals surface area contributed by atoms with Crippen molar-refractivity contribution in [1.82, 2.24) is 20.0 Å². The van der Waals surface area contributed by atoms with Crippen LogP contribution in [0.4, 0.5) is 0 Å². The highest BCUT2D eigenvalue weighted by Crippen LogP contribution is 2.33. The molecule has 0 spiro atoms. The summed E-state index contributed by atoms with van der Waals surface area (Å²) in [5.41, 5.74) is 1.13. The normalized spacial score (nSPS) is 20.6. The van der Waals surface area contributed by atoms with Gasteiger partial charge in [-0.25, -0.2) is 0 Å². The molecule has 2 atom stereocenters. The Kier molecular flexibility index (Phi) is 5.39. The molecule has 0 saturated carbocycles. The van der Waals surface area contributed by atoms with Crippen LogP contribution in [0, 0.1) is 5.92 Å². The molecule has 1 aliphatic heterocycles. The molecule has 0 aromatic carbocycles. The lowest BCUT2D eigenvalue weighted by Gasteiger charge is -2.24. The molecule has 1 aromatic heterocycles. The fourth-order valence-corrected chi connectivity index (χ4v) is 2.73. The molecular formula is C14H26N4O2. The van der Waals surface area contributed by atoms with Gasteiger partial charge in [0, 0.05) is 19.1 Å². The molecule has 2 heterocycles. The van der Waals surface area contributed by atoms with Crippen molar-refractivity contribution in [1.29, 1.82) is 0 Å². The lowest BCUT2D eigenvalue weighted by atomic mass is 9.96. The van der Waals surface area contributed by atoms with E-state index in [-0.39, 0.29) is 6.04 Å². The molecule has 6 heteroatoms. The largest absolute Gasteiger partial charge is 0.493 e. The number of methoxy groups -OCH3 is 1. The Balaban J connectivity index is 2.23.